The van der Waals surface area contributed by atoms with Gasteiger partial charge in [0.2, 0.25) is 0 Å². The molecule has 0 aliphatic carbocycles. The topological polar surface area (TPSA) is 70.3 Å². The Morgan fingerprint density at radius 3 is 2.58 bits per heavy atom. The summed E-state index contributed by atoms with van der Waals surface area (Å²) in [7, 11) is 0. The summed E-state index contributed by atoms with van der Waals surface area (Å²) < 4.78 is 30.3. The third-order valence-corrected chi connectivity index (χ3v) is 3.24. The van der Waals surface area contributed by atoms with Gasteiger partial charge < -0.3 is 13.9 Å². The average Bonchev–Trinajstić information content (AvgIpc) is 3.07. The zero-order chi connectivity index (χ0) is 16.9. The maximum Gasteiger partial charge on any atom is 0.257 e. The normalized spacial score (nSPS) is 12.0. The number of hydrogen-bond donors (Lipinski definition) is 0. The van der Waals surface area contributed by atoms with Crippen molar-refractivity contribution < 1.29 is 18.3 Å². The zero-order valence-electron chi connectivity index (χ0n) is 13.3. The predicted molar refractivity (Wildman–Crippen MR) is 84.1 cm³/mol. The third kappa shape index (κ3) is 3.51. The lowest BCUT2D eigenvalue weighted by Gasteiger charge is -2.11. The Bertz CT molecular complexity index is 805. The molecule has 6 nitrogen and oxygen atoms in total. The van der Waals surface area contributed by atoms with E-state index >= 15 is 0 Å². The van der Waals surface area contributed by atoms with E-state index in [0.29, 0.717) is 12.4 Å². The van der Waals surface area contributed by atoms with Crippen LogP contribution in [-0.2, 0) is 0 Å². The first-order valence-corrected chi connectivity index (χ1v) is 7.50. The summed E-state index contributed by atoms with van der Waals surface area (Å²) >= 11 is 0. The predicted octanol–water partition coefficient (Wildman–Crippen LogP) is 3.81. The van der Waals surface area contributed by atoms with Crippen LogP contribution >= 0.6 is 0 Å². The highest BCUT2D eigenvalue weighted by molar-refractivity contribution is 5.52. The van der Waals surface area contributed by atoms with Crippen LogP contribution in [0.15, 0.2) is 47.1 Å². The molecule has 1 aromatic carbocycles. The van der Waals surface area contributed by atoms with Crippen LogP contribution in [0.2, 0.25) is 0 Å². The van der Waals surface area contributed by atoms with E-state index in [0.717, 1.165) is 11.9 Å². The quantitative estimate of drug-likeness (QED) is 0.685. The highest BCUT2D eigenvalue weighted by atomic mass is 19.1. The van der Waals surface area contributed by atoms with Gasteiger partial charge in [-0.15, -0.1) is 10.2 Å². The molecule has 7 heteroatoms. The second-order valence-corrected chi connectivity index (χ2v) is 4.97. The molecule has 0 saturated heterocycles. The SMILES string of the molecule is CCOc1ccc(OC(C)c2nnc(-c3ccncc3F)o2)cc1. The molecule has 0 N–H and O–H groups in total. The number of nitrogens with zero attached hydrogens (tertiary/aromatic N) is 3. The van der Waals surface area contributed by atoms with Crippen molar-refractivity contribution in [3.05, 3.63) is 54.4 Å². The maximum atomic E-state index is 13.7. The molecule has 0 spiro atoms. The molecule has 3 aromatic rings. The van der Waals surface area contributed by atoms with E-state index < -0.39 is 11.9 Å². The fraction of sp³-hybridized carbons (Fsp3) is 0.235. The summed E-state index contributed by atoms with van der Waals surface area (Å²) in [5, 5.41) is 7.79. The standard InChI is InChI=1S/C17H16FN3O3/c1-3-22-12-4-6-13(7-5-12)23-11(2)16-20-21-17(24-16)14-8-9-19-10-15(14)18/h4-11H,3H2,1-2H3. The minimum absolute atomic E-state index is 0.0899. The lowest BCUT2D eigenvalue weighted by atomic mass is 10.2. The molecule has 0 aliphatic heterocycles. The molecular formula is C17H16FN3O3. The first-order chi connectivity index (χ1) is 11.7. The van der Waals surface area contributed by atoms with Crippen molar-refractivity contribution in [3.63, 3.8) is 0 Å². The Labute approximate surface area is 138 Å². The van der Waals surface area contributed by atoms with Crippen LogP contribution in [0.5, 0.6) is 11.5 Å². The second-order valence-electron chi connectivity index (χ2n) is 4.97. The smallest absolute Gasteiger partial charge is 0.257 e. The lowest BCUT2D eigenvalue weighted by Crippen LogP contribution is -2.03. The largest absolute Gasteiger partial charge is 0.494 e. The Morgan fingerprint density at radius 2 is 1.88 bits per heavy atom. The number of pyridine rings is 1. The molecule has 24 heavy (non-hydrogen) atoms. The van der Waals surface area contributed by atoms with Gasteiger partial charge in [0.15, 0.2) is 11.9 Å². The summed E-state index contributed by atoms with van der Waals surface area (Å²) in [6.45, 7) is 4.30. The summed E-state index contributed by atoms with van der Waals surface area (Å²) in [4.78, 5) is 3.69. The van der Waals surface area contributed by atoms with Crippen LogP contribution in [0.4, 0.5) is 4.39 Å². The molecule has 1 atom stereocenters. The summed E-state index contributed by atoms with van der Waals surface area (Å²) in [6.07, 6.45) is 2.08. The molecule has 0 amide bonds. The summed E-state index contributed by atoms with van der Waals surface area (Å²) in [5.74, 6) is 1.24. The van der Waals surface area contributed by atoms with E-state index in [1.54, 1.807) is 19.1 Å². The van der Waals surface area contributed by atoms with Crippen LogP contribution in [0.25, 0.3) is 11.5 Å². The first-order valence-electron chi connectivity index (χ1n) is 7.50. The van der Waals surface area contributed by atoms with Crippen molar-refractivity contribution in [2.75, 3.05) is 6.61 Å². The van der Waals surface area contributed by atoms with E-state index in [-0.39, 0.29) is 17.3 Å². The Hall–Kier alpha value is -2.96. The van der Waals surface area contributed by atoms with Crippen molar-refractivity contribution in [3.8, 4) is 23.0 Å². The second kappa shape index (κ2) is 7.08. The highest BCUT2D eigenvalue weighted by Gasteiger charge is 2.18. The van der Waals surface area contributed by atoms with Crippen LogP contribution in [0.1, 0.15) is 25.8 Å². The molecule has 2 heterocycles. The number of rotatable bonds is 6. The van der Waals surface area contributed by atoms with E-state index in [1.165, 1.54) is 12.3 Å². The van der Waals surface area contributed by atoms with Crippen LogP contribution in [0.3, 0.4) is 0 Å². The van der Waals surface area contributed by atoms with E-state index in [1.807, 2.05) is 19.1 Å². The average molecular weight is 329 g/mol. The van der Waals surface area contributed by atoms with E-state index in [2.05, 4.69) is 15.2 Å². The fourth-order valence-electron chi connectivity index (χ4n) is 2.09. The Kier molecular flexibility index (Phi) is 4.69. The molecule has 0 radical (unpaired) electrons. The molecule has 1 unspecified atom stereocenters. The van der Waals surface area contributed by atoms with Gasteiger partial charge in [-0.2, -0.15) is 0 Å². The molecule has 0 aliphatic rings. The maximum absolute atomic E-state index is 13.7. The number of halogens is 1. The molecule has 0 saturated carbocycles. The minimum atomic E-state index is -0.521. The molecule has 124 valence electrons. The van der Waals surface area contributed by atoms with Crippen molar-refractivity contribution >= 4 is 0 Å². The van der Waals surface area contributed by atoms with Crippen molar-refractivity contribution in [2.45, 2.75) is 20.0 Å². The van der Waals surface area contributed by atoms with Gasteiger partial charge in [0, 0.05) is 6.20 Å². The fourth-order valence-corrected chi connectivity index (χ4v) is 2.09. The zero-order valence-corrected chi connectivity index (χ0v) is 13.3. The van der Waals surface area contributed by atoms with Gasteiger partial charge in [-0.3, -0.25) is 4.98 Å². The minimum Gasteiger partial charge on any atom is -0.494 e. The number of ether oxygens (including phenoxy) is 2. The summed E-state index contributed by atoms with van der Waals surface area (Å²) in [5.41, 5.74) is 0.206. The molecule has 0 fully saturated rings. The van der Waals surface area contributed by atoms with Crippen molar-refractivity contribution in [1.29, 1.82) is 0 Å². The number of hydrogen-bond acceptors (Lipinski definition) is 6. The molecule has 2 aromatic heterocycles. The van der Waals surface area contributed by atoms with Gasteiger partial charge >= 0.3 is 0 Å². The van der Waals surface area contributed by atoms with Crippen LogP contribution < -0.4 is 9.47 Å². The Balaban J connectivity index is 1.72. The first kappa shape index (κ1) is 15.9. The van der Waals surface area contributed by atoms with E-state index in [4.69, 9.17) is 13.9 Å². The monoisotopic (exact) mass is 329 g/mol. The lowest BCUT2D eigenvalue weighted by molar-refractivity contribution is 0.189. The van der Waals surface area contributed by atoms with Crippen molar-refractivity contribution in [1.82, 2.24) is 15.2 Å². The highest BCUT2D eigenvalue weighted by Crippen LogP contribution is 2.26. The number of benzene rings is 1. The van der Waals surface area contributed by atoms with Gasteiger partial charge in [-0.05, 0) is 44.2 Å². The van der Waals surface area contributed by atoms with Crippen LogP contribution in [0, 0.1) is 5.82 Å². The molecule has 0 bridgehead atoms. The van der Waals surface area contributed by atoms with Gasteiger partial charge in [0.1, 0.15) is 11.5 Å². The third-order valence-electron chi connectivity index (χ3n) is 3.24. The molecular weight excluding hydrogens is 313 g/mol. The van der Waals surface area contributed by atoms with Crippen molar-refractivity contribution in [2.24, 2.45) is 0 Å². The van der Waals surface area contributed by atoms with Gasteiger partial charge in [0.25, 0.3) is 11.8 Å². The molecule has 3 rings (SSSR count). The van der Waals surface area contributed by atoms with Gasteiger partial charge in [-0.1, -0.05) is 0 Å². The van der Waals surface area contributed by atoms with Gasteiger partial charge in [0.05, 0.1) is 18.4 Å². The summed E-state index contributed by atoms with van der Waals surface area (Å²) in [6, 6.07) is 8.70. The van der Waals surface area contributed by atoms with Gasteiger partial charge in [-0.25, -0.2) is 4.39 Å². The number of aromatic nitrogens is 3. The Morgan fingerprint density at radius 1 is 1.12 bits per heavy atom. The van der Waals surface area contributed by atoms with E-state index in [9.17, 15) is 4.39 Å². The van der Waals surface area contributed by atoms with Crippen LogP contribution in [-0.4, -0.2) is 21.8 Å².